The number of nitrogens with zero attached hydrogens (tertiary/aromatic N) is 2. The number of aryl methyl sites for hydroxylation is 1. The van der Waals surface area contributed by atoms with E-state index in [9.17, 15) is 23.0 Å². The molecule has 0 saturated heterocycles. The van der Waals surface area contributed by atoms with Crippen LogP contribution >= 0.6 is 30.0 Å². The lowest BCUT2D eigenvalue weighted by Gasteiger charge is -2.18. The molecule has 3 N–H and O–H groups in total. The van der Waals surface area contributed by atoms with Gasteiger partial charge in [-0.1, -0.05) is 31.2 Å². The first-order chi connectivity index (χ1) is 16.5. The lowest BCUT2D eigenvalue weighted by atomic mass is 10.0. The fourth-order valence-electron chi connectivity index (χ4n) is 3.66. The van der Waals surface area contributed by atoms with Crippen LogP contribution in [0.5, 0.6) is 0 Å². The third kappa shape index (κ3) is 7.21. The topological polar surface area (TPSA) is 133 Å². The van der Waals surface area contributed by atoms with Crippen molar-refractivity contribution < 1.29 is 27.4 Å². The minimum absolute atomic E-state index is 0.0801. The second-order valence-corrected chi connectivity index (χ2v) is 13.0. The molecule has 35 heavy (non-hydrogen) atoms. The molecule has 0 aliphatic carbocycles. The Morgan fingerprint density at radius 1 is 1.29 bits per heavy atom. The number of hydrogen-bond acceptors (Lipinski definition) is 5. The molecule has 0 aliphatic heterocycles. The van der Waals surface area contributed by atoms with E-state index in [0.717, 1.165) is 15.6 Å². The fraction of sp³-hybridized carbons (Fsp3) is 0.391. The highest BCUT2D eigenvalue weighted by molar-refractivity contribution is 14.1. The summed E-state index contributed by atoms with van der Waals surface area (Å²) < 4.78 is 41.3. The van der Waals surface area contributed by atoms with Crippen molar-refractivity contribution in [3.05, 3.63) is 50.7 Å². The van der Waals surface area contributed by atoms with Crippen LogP contribution in [0.15, 0.2) is 34.7 Å². The third-order valence-electron chi connectivity index (χ3n) is 5.56. The van der Waals surface area contributed by atoms with Crippen molar-refractivity contribution in [3.63, 3.8) is 0 Å². The molecule has 2 atom stereocenters. The number of aromatic nitrogens is 1. The number of furan rings is 1. The Hall–Kier alpha value is -1.63. The van der Waals surface area contributed by atoms with Crippen molar-refractivity contribution in [1.29, 1.82) is 0 Å². The molecule has 2 unspecified atom stereocenters. The highest BCUT2D eigenvalue weighted by Crippen LogP contribution is 2.36. The summed E-state index contributed by atoms with van der Waals surface area (Å²) in [5, 5.41) is 3.22. The predicted octanol–water partition coefficient (Wildman–Crippen LogP) is 4.64. The number of hydrogen-bond donors (Lipinski definition) is 3. The molecule has 3 rings (SSSR count). The zero-order chi connectivity index (χ0) is 25.8. The summed E-state index contributed by atoms with van der Waals surface area (Å²) in [6.45, 7) is 3.71. The molecule has 190 valence electrons. The van der Waals surface area contributed by atoms with Crippen molar-refractivity contribution in [2.45, 2.75) is 32.7 Å². The van der Waals surface area contributed by atoms with Gasteiger partial charge in [0.05, 0.1) is 23.2 Å². The van der Waals surface area contributed by atoms with Gasteiger partial charge in [0.1, 0.15) is 5.76 Å². The van der Waals surface area contributed by atoms with E-state index in [2.05, 4.69) is 39.8 Å². The van der Waals surface area contributed by atoms with Gasteiger partial charge in [-0.15, -0.1) is 0 Å². The van der Waals surface area contributed by atoms with E-state index in [1.807, 2.05) is 24.3 Å². The predicted molar refractivity (Wildman–Crippen MR) is 146 cm³/mol. The van der Waals surface area contributed by atoms with Gasteiger partial charge in [0, 0.05) is 35.6 Å². The molecular formula is C23H29IN3O6PS. The van der Waals surface area contributed by atoms with Gasteiger partial charge in [0.15, 0.2) is 7.37 Å². The monoisotopic (exact) mass is 633 g/mol. The van der Waals surface area contributed by atoms with E-state index < -0.39 is 18.6 Å². The van der Waals surface area contributed by atoms with Crippen molar-refractivity contribution in [3.8, 4) is 11.3 Å². The van der Waals surface area contributed by atoms with Gasteiger partial charge >= 0.3 is 0 Å². The van der Waals surface area contributed by atoms with Crippen LogP contribution in [0.3, 0.4) is 0 Å². The Labute approximate surface area is 220 Å². The van der Waals surface area contributed by atoms with Gasteiger partial charge in [-0.2, -0.15) is 4.31 Å². The largest absolute Gasteiger partial charge is 0.437 e. The maximum atomic E-state index is 12.8. The molecule has 1 aromatic carbocycles. The first-order valence-corrected chi connectivity index (χ1v) is 15.6. The van der Waals surface area contributed by atoms with Crippen molar-refractivity contribution >= 4 is 58.2 Å². The number of pyridine rings is 1. The van der Waals surface area contributed by atoms with Gasteiger partial charge in [-0.25, -0.2) is 9.19 Å². The van der Waals surface area contributed by atoms with Crippen LogP contribution in [0.1, 0.15) is 41.4 Å². The van der Waals surface area contributed by atoms with Crippen LogP contribution < -0.4 is 5.32 Å². The van der Waals surface area contributed by atoms with Crippen LogP contribution in [0.25, 0.3) is 22.4 Å². The number of halogens is 1. The summed E-state index contributed by atoms with van der Waals surface area (Å²) in [6, 6.07) is 9.59. The number of unbranched alkanes of at least 4 members (excludes halogenated alkanes) is 1. The van der Waals surface area contributed by atoms with Crippen molar-refractivity contribution in [1.82, 2.24) is 14.6 Å². The third-order valence-corrected chi connectivity index (χ3v) is 8.40. The van der Waals surface area contributed by atoms with Gasteiger partial charge in [0.2, 0.25) is 17.0 Å². The number of amides is 1. The lowest BCUT2D eigenvalue weighted by molar-refractivity contribution is 0.0964. The molecule has 2 heterocycles. The summed E-state index contributed by atoms with van der Waals surface area (Å²) in [6.07, 6.45) is 2.02. The minimum Gasteiger partial charge on any atom is -0.437 e. The summed E-state index contributed by atoms with van der Waals surface area (Å²) in [5.41, 5.74) is 3.11. The number of nitrogens with one attached hydrogen (secondary N) is 1. The highest BCUT2D eigenvalue weighted by atomic mass is 127. The van der Waals surface area contributed by atoms with Crippen LogP contribution in [0, 0.1) is 3.57 Å². The molecule has 0 bridgehead atoms. The van der Waals surface area contributed by atoms with Crippen LogP contribution in [-0.4, -0.2) is 55.3 Å². The molecular weight excluding hydrogens is 604 g/mol. The Balaban J connectivity index is 1.94. The summed E-state index contributed by atoms with van der Waals surface area (Å²) in [4.78, 5) is 26.8. The Kier molecular flexibility index (Phi) is 9.64. The van der Waals surface area contributed by atoms with Crippen LogP contribution in [-0.2, 0) is 28.8 Å². The molecule has 2 aromatic heterocycles. The molecule has 12 heteroatoms. The van der Waals surface area contributed by atoms with E-state index in [0.29, 0.717) is 35.2 Å². The maximum absolute atomic E-state index is 12.8. The van der Waals surface area contributed by atoms with E-state index >= 15 is 0 Å². The SMILES string of the molecule is CCc1ccc(-c2oc3nc(CN(CCCCP(C)(=O)O)S(=O)O)c(I)cc3c2C(=O)NC)cc1. The number of fused-ring (bicyclic) bond motifs is 1. The van der Waals surface area contributed by atoms with Gasteiger partial charge in [0.25, 0.3) is 5.91 Å². The molecule has 1 amide bonds. The molecule has 0 spiro atoms. The molecule has 0 saturated carbocycles. The smallest absolute Gasteiger partial charge is 0.255 e. The standard InChI is InChI=1S/C23H29IN3O6PS/c1-4-15-7-9-16(10-8-15)21-20(22(28)25-2)17-13-18(24)19(26-23(17)33-21)14-27(35(31)32)11-5-6-12-34(3,29)30/h7-10,13H,4-6,11-12,14H2,1-3H3,(H,25,28)(H,29,30)(H,31,32). The normalized spacial score (nSPS) is 14.3. The quantitative estimate of drug-likeness (QED) is 0.121. The first-order valence-electron chi connectivity index (χ1n) is 11.1. The number of rotatable bonds is 11. The lowest BCUT2D eigenvalue weighted by Crippen LogP contribution is -2.27. The average Bonchev–Trinajstić information content (AvgIpc) is 3.17. The second-order valence-electron chi connectivity index (χ2n) is 8.28. The van der Waals surface area contributed by atoms with Crippen LogP contribution in [0.2, 0.25) is 0 Å². The molecule has 0 aliphatic rings. The average molecular weight is 633 g/mol. The number of carbonyl (C=O) groups is 1. The summed E-state index contributed by atoms with van der Waals surface area (Å²) in [7, 11) is -1.55. The van der Waals surface area contributed by atoms with Gasteiger partial charge in [-0.05, 0) is 53.5 Å². The molecule has 0 fully saturated rings. The number of benzene rings is 1. The Morgan fingerprint density at radius 3 is 2.54 bits per heavy atom. The zero-order valence-corrected chi connectivity index (χ0v) is 23.7. The number of carbonyl (C=O) groups excluding carboxylic acids is 1. The molecule has 0 radical (unpaired) electrons. The van der Waals surface area contributed by atoms with Crippen molar-refractivity contribution in [2.75, 3.05) is 26.4 Å². The van der Waals surface area contributed by atoms with E-state index in [4.69, 9.17) is 4.42 Å². The summed E-state index contributed by atoms with van der Waals surface area (Å²) in [5.74, 6) is 0.122. The second kappa shape index (κ2) is 12.1. The van der Waals surface area contributed by atoms with E-state index in [1.54, 1.807) is 13.1 Å². The minimum atomic E-state index is -3.11. The van der Waals surface area contributed by atoms with Gasteiger partial charge in [-0.3, -0.25) is 13.9 Å². The van der Waals surface area contributed by atoms with E-state index in [-0.39, 0.29) is 30.9 Å². The van der Waals surface area contributed by atoms with Gasteiger partial charge < -0.3 is 14.6 Å². The Morgan fingerprint density at radius 2 is 1.97 bits per heavy atom. The first kappa shape index (κ1) is 27.9. The van der Waals surface area contributed by atoms with Crippen LogP contribution in [0.4, 0.5) is 0 Å². The summed E-state index contributed by atoms with van der Waals surface area (Å²) >= 11 is -0.155. The molecule has 9 nitrogen and oxygen atoms in total. The van der Waals surface area contributed by atoms with Crippen molar-refractivity contribution in [2.24, 2.45) is 0 Å². The fourth-order valence-corrected chi connectivity index (χ4v) is 5.59. The molecule has 3 aromatic rings. The maximum Gasteiger partial charge on any atom is 0.255 e. The Bertz CT molecular complexity index is 1270. The zero-order valence-electron chi connectivity index (χ0n) is 19.8. The highest BCUT2D eigenvalue weighted by Gasteiger charge is 2.24. The van der Waals surface area contributed by atoms with E-state index in [1.165, 1.54) is 16.5 Å².